The Bertz CT molecular complexity index is 1060. The van der Waals surface area contributed by atoms with Crippen LogP contribution in [-0.4, -0.2) is 28.8 Å². The zero-order chi connectivity index (χ0) is 20.6. The van der Waals surface area contributed by atoms with Crippen molar-refractivity contribution >= 4 is 45.2 Å². The Kier molecular flexibility index (Phi) is 7.60. The van der Waals surface area contributed by atoms with E-state index in [1.54, 1.807) is 29.3 Å². The largest absolute Gasteiger partial charge is 0.465 e. The van der Waals surface area contributed by atoms with Gasteiger partial charge in [-0.05, 0) is 49.4 Å². The van der Waals surface area contributed by atoms with Crippen molar-refractivity contribution in [3.63, 3.8) is 0 Å². The zero-order valence-corrected chi connectivity index (χ0v) is 17.6. The Morgan fingerprint density at radius 1 is 1.21 bits per heavy atom. The molecule has 0 aliphatic heterocycles. The van der Waals surface area contributed by atoms with Crippen molar-refractivity contribution in [2.45, 2.75) is 31.2 Å². The number of carbonyl (C=O) groups is 2. The number of carbonyl (C=O) groups excluding carboxylic acids is 2. The number of benzene rings is 2. The molecule has 0 bridgehead atoms. The van der Waals surface area contributed by atoms with Gasteiger partial charge in [-0.15, -0.1) is 11.8 Å². The van der Waals surface area contributed by atoms with Crippen molar-refractivity contribution in [1.82, 2.24) is 4.57 Å². The topological polar surface area (TPSA) is 60.7 Å². The number of hydrogen-bond acceptors (Lipinski definition) is 5. The minimum Gasteiger partial charge on any atom is -0.465 e. The molecule has 3 rings (SSSR count). The number of thioether (sulfide) groups is 1. The standard InChI is InChI=1S/C21H21FN2O3S2/c1-2-27-20(26)14-24-17-11-10-15(22)13-18(17)29-21(24)23-19(25)9-6-12-28-16-7-4-3-5-8-16/h3-5,7-8,10-11,13H,2,6,9,12,14H2,1H3. The lowest BCUT2D eigenvalue weighted by Crippen LogP contribution is -2.23. The fourth-order valence-corrected chi connectivity index (χ4v) is 4.66. The quantitative estimate of drug-likeness (QED) is 0.301. The van der Waals surface area contributed by atoms with Crippen LogP contribution >= 0.6 is 23.1 Å². The maximum absolute atomic E-state index is 13.6. The number of rotatable bonds is 8. The van der Waals surface area contributed by atoms with E-state index in [1.165, 1.54) is 23.5 Å². The third-order valence-electron chi connectivity index (χ3n) is 4.00. The Hall–Kier alpha value is -2.45. The molecule has 5 nitrogen and oxygen atoms in total. The van der Waals surface area contributed by atoms with Crippen LogP contribution in [0.1, 0.15) is 19.8 Å². The maximum atomic E-state index is 13.6. The van der Waals surface area contributed by atoms with E-state index in [2.05, 4.69) is 4.99 Å². The van der Waals surface area contributed by atoms with Gasteiger partial charge in [-0.25, -0.2) is 4.39 Å². The summed E-state index contributed by atoms with van der Waals surface area (Å²) in [6, 6.07) is 14.3. The lowest BCUT2D eigenvalue weighted by Gasteiger charge is -2.05. The number of fused-ring (bicyclic) bond motifs is 1. The molecule has 0 saturated carbocycles. The Balaban J connectivity index is 1.73. The van der Waals surface area contributed by atoms with Gasteiger partial charge >= 0.3 is 5.97 Å². The van der Waals surface area contributed by atoms with Crippen LogP contribution < -0.4 is 4.80 Å². The number of esters is 1. The summed E-state index contributed by atoms with van der Waals surface area (Å²) >= 11 is 2.88. The summed E-state index contributed by atoms with van der Waals surface area (Å²) in [5, 5.41) is 0. The van der Waals surface area contributed by atoms with Gasteiger partial charge in [-0.3, -0.25) is 9.59 Å². The number of ether oxygens (including phenoxy) is 1. The average molecular weight is 433 g/mol. The van der Waals surface area contributed by atoms with Crippen LogP contribution in [0.5, 0.6) is 0 Å². The van der Waals surface area contributed by atoms with Gasteiger partial charge in [0.1, 0.15) is 12.4 Å². The molecule has 0 radical (unpaired) electrons. The summed E-state index contributed by atoms with van der Waals surface area (Å²) in [7, 11) is 0. The van der Waals surface area contributed by atoms with Crippen LogP contribution in [-0.2, 0) is 20.9 Å². The van der Waals surface area contributed by atoms with Crippen LogP contribution in [0.2, 0.25) is 0 Å². The highest BCUT2D eigenvalue weighted by atomic mass is 32.2. The molecule has 0 N–H and O–H groups in total. The number of amides is 1. The molecule has 1 heterocycles. The predicted molar refractivity (Wildman–Crippen MR) is 113 cm³/mol. The van der Waals surface area contributed by atoms with E-state index in [-0.39, 0.29) is 24.9 Å². The highest BCUT2D eigenvalue weighted by molar-refractivity contribution is 7.99. The van der Waals surface area contributed by atoms with E-state index in [1.807, 2.05) is 30.3 Å². The highest BCUT2D eigenvalue weighted by Gasteiger charge is 2.13. The molecule has 8 heteroatoms. The number of thiazole rings is 1. The maximum Gasteiger partial charge on any atom is 0.326 e. The summed E-state index contributed by atoms with van der Waals surface area (Å²) in [5.74, 6) is -0.253. The minimum atomic E-state index is -0.426. The predicted octanol–water partition coefficient (Wildman–Crippen LogP) is 4.40. The van der Waals surface area contributed by atoms with Gasteiger partial charge in [0.15, 0.2) is 4.80 Å². The second kappa shape index (κ2) is 10.4. The molecule has 3 aromatic rings. The molecule has 0 unspecified atom stereocenters. The monoisotopic (exact) mass is 432 g/mol. The van der Waals surface area contributed by atoms with Crippen LogP contribution in [0.15, 0.2) is 58.4 Å². The van der Waals surface area contributed by atoms with Crippen LogP contribution in [0.25, 0.3) is 10.2 Å². The third kappa shape index (κ3) is 6.01. The summed E-state index contributed by atoms with van der Waals surface area (Å²) in [6.07, 6.45) is 1.00. The molecule has 1 amide bonds. The van der Waals surface area contributed by atoms with Crippen molar-refractivity contribution in [3.8, 4) is 0 Å². The molecular formula is C21H21FN2O3S2. The van der Waals surface area contributed by atoms with Crippen LogP contribution in [0.3, 0.4) is 0 Å². The molecular weight excluding hydrogens is 411 g/mol. The van der Waals surface area contributed by atoms with Gasteiger partial charge in [0.25, 0.3) is 0 Å². The van der Waals surface area contributed by atoms with Crippen molar-refractivity contribution in [2.24, 2.45) is 4.99 Å². The summed E-state index contributed by atoms with van der Waals surface area (Å²) in [6.45, 7) is 1.92. The lowest BCUT2D eigenvalue weighted by molar-refractivity contribution is -0.143. The van der Waals surface area contributed by atoms with Gasteiger partial charge in [-0.2, -0.15) is 4.99 Å². The molecule has 0 atom stereocenters. The first-order valence-electron chi connectivity index (χ1n) is 9.26. The molecule has 0 spiro atoms. The number of halogens is 1. The van der Waals surface area contributed by atoms with Gasteiger partial charge < -0.3 is 9.30 Å². The molecule has 152 valence electrons. The van der Waals surface area contributed by atoms with Crippen molar-refractivity contribution in [2.75, 3.05) is 12.4 Å². The number of hydrogen-bond donors (Lipinski definition) is 0. The van der Waals surface area contributed by atoms with Gasteiger partial charge in [-0.1, -0.05) is 29.5 Å². The first kappa shape index (κ1) is 21.3. The second-order valence-corrected chi connectivity index (χ2v) is 8.34. The van der Waals surface area contributed by atoms with Crippen molar-refractivity contribution in [1.29, 1.82) is 0 Å². The zero-order valence-electron chi connectivity index (χ0n) is 16.0. The number of nitrogens with zero attached hydrogens (tertiary/aromatic N) is 2. The van der Waals surface area contributed by atoms with Gasteiger partial charge in [0.05, 0.1) is 16.8 Å². The normalized spacial score (nSPS) is 11.7. The fraction of sp³-hybridized carbons (Fsp3) is 0.286. The van der Waals surface area contributed by atoms with E-state index in [4.69, 9.17) is 4.74 Å². The third-order valence-corrected chi connectivity index (χ3v) is 6.14. The van der Waals surface area contributed by atoms with Crippen LogP contribution in [0.4, 0.5) is 4.39 Å². The molecule has 0 aliphatic carbocycles. The summed E-state index contributed by atoms with van der Waals surface area (Å²) in [4.78, 5) is 30.0. The lowest BCUT2D eigenvalue weighted by atomic mass is 10.3. The second-order valence-electron chi connectivity index (χ2n) is 6.16. The molecule has 0 fully saturated rings. The molecule has 0 saturated heterocycles. The van der Waals surface area contributed by atoms with Gasteiger partial charge in [0, 0.05) is 11.3 Å². The van der Waals surface area contributed by atoms with E-state index < -0.39 is 5.97 Å². The fourth-order valence-electron chi connectivity index (χ4n) is 2.71. The highest BCUT2D eigenvalue weighted by Crippen LogP contribution is 2.20. The molecule has 29 heavy (non-hydrogen) atoms. The SMILES string of the molecule is CCOC(=O)Cn1c(=NC(=O)CCCSc2ccccc2)sc2cc(F)ccc21. The molecule has 2 aromatic carbocycles. The Morgan fingerprint density at radius 2 is 2.00 bits per heavy atom. The summed E-state index contributed by atoms with van der Waals surface area (Å²) in [5.41, 5.74) is 0.649. The first-order chi connectivity index (χ1) is 14.1. The van der Waals surface area contributed by atoms with Crippen molar-refractivity contribution < 1.29 is 18.7 Å². The molecule has 0 aliphatic rings. The van der Waals surface area contributed by atoms with E-state index >= 15 is 0 Å². The van der Waals surface area contributed by atoms with E-state index in [0.29, 0.717) is 27.9 Å². The van der Waals surface area contributed by atoms with Gasteiger partial charge in [0.2, 0.25) is 5.91 Å². The Labute approximate surface area is 176 Å². The number of aromatic nitrogens is 1. The van der Waals surface area contributed by atoms with Crippen LogP contribution in [0, 0.1) is 5.82 Å². The molecule has 1 aromatic heterocycles. The summed E-state index contributed by atoms with van der Waals surface area (Å²) < 4.78 is 20.8. The smallest absolute Gasteiger partial charge is 0.326 e. The van der Waals surface area contributed by atoms with E-state index in [0.717, 1.165) is 10.6 Å². The van der Waals surface area contributed by atoms with E-state index in [9.17, 15) is 14.0 Å². The average Bonchev–Trinajstić information content (AvgIpc) is 3.02. The Morgan fingerprint density at radius 3 is 2.76 bits per heavy atom. The van der Waals surface area contributed by atoms with Crippen molar-refractivity contribution in [3.05, 3.63) is 59.1 Å². The first-order valence-corrected chi connectivity index (χ1v) is 11.1. The minimum absolute atomic E-state index is 0.0740.